The van der Waals surface area contributed by atoms with Crippen LogP contribution in [-0.2, 0) is 6.54 Å². The minimum absolute atomic E-state index is 0.245. The molecule has 18 heavy (non-hydrogen) atoms. The van der Waals surface area contributed by atoms with E-state index in [9.17, 15) is 13.2 Å². The monoisotopic (exact) mass is 276 g/mol. The lowest BCUT2D eigenvalue weighted by molar-refractivity contribution is -0.124. The van der Waals surface area contributed by atoms with E-state index in [0.29, 0.717) is 11.6 Å². The number of alkyl halides is 3. The van der Waals surface area contributed by atoms with Gasteiger partial charge in [-0.2, -0.15) is 13.2 Å². The van der Waals surface area contributed by atoms with E-state index in [1.807, 2.05) is 28.8 Å². The van der Waals surface area contributed by atoms with Gasteiger partial charge in [0.05, 0.1) is 11.6 Å². The largest absolute Gasteiger partial charge is 0.401 e. The van der Waals surface area contributed by atoms with Gasteiger partial charge in [0.15, 0.2) is 0 Å². The molecule has 2 rings (SSSR count). The van der Waals surface area contributed by atoms with Gasteiger partial charge in [-0.15, -0.1) is 0 Å². The van der Waals surface area contributed by atoms with Gasteiger partial charge >= 0.3 is 6.18 Å². The molecule has 0 radical (unpaired) electrons. The molecule has 0 aliphatic heterocycles. The summed E-state index contributed by atoms with van der Waals surface area (Å²) in [5.41, 5.74) is 0.927. The summed E-state index contributed by atoms with van der Waals surface area (Å²) in [6.45, 7) is -0.280. The van der Waals surface area contributed by atoms with Crippen LogP contribution in [0.15, 0.2) is 30.5 Å². The predicted octanol–water partition coefficient (Wildman–Crippen LogP) is 3.45. The molecule has 0 spiro atoms. The van der Waals surface area contributed by atoms with Crippen LogP contribution >= 0.6 is 11.6 Å². The highest BCUT2D eigenvalue weighted by Gasteiger charge is 2.25. The second kappa shape index (κ2) is 5.20. The molecule has 98 valence electrons. The molecule has 1 N–H and O–H groups in total. The van der Waals surface area contributed by atoms with Crippen molar-refractivity contribution in [3.05, 3.63) is 35.5 Å². The summed E-state index contributed by atoms with van der Waals surface area (Å²) >= 11 is 6.04. The summed E-state index contributed by atoms with van der Waals surface area (Å²) in [6.07, 6.45) is -2.43. The van der Waals surface area contributed by atoms with Crippen molar-refractivity contribution < 1.29 is 13.2 Å². The summed E-state index contributed by atoms with van der Waals surface area (Å²) in [7, 11) is 0. The minimum Gasteiger partial charge on any atom is -0.345 e. The molecule has 2 nitrogen and oxygen atoms in total. The van der Waals surface area contributed by atoms with E-state index in [4.69, 9.17) is 11.6 Å². The van der Waals surface area contributed by atoms with E-state index in [-0.39, 0.29) is 6.54 Å². The Labute approximate surface area is 107 Å². The zero-order valence-electron chi connectivity index (χ0n) is 9.47. The normalized spacial score (nSPS) is 12.2. The van der Waals surface area contributed by atoms with Gasteiger partial charge in [0, 0.05) is 30.2 Å². The van der Waals surface area contributed by atoms with Crippen LogP contribution in [0.2, 0.25) is 5.02 Å². The van der Waals surface area contributed by atoms with E-state index >= 15 is 0 Å². The summed E-state index contributed by atoms with van der Waals surface area (Å²) in [5, 5.41) is 3.88. The lowest BCUT2D eigenvalue weighted by Crippen LogP contribution is -2.31. The van der Waals surface area contributed by atoms with Crippen LogP contribution in [0, 0.1) is 0 Å². The van der Waals surface area contributed by atoms with Gasteiger partial charge in [0.25, 0.3) is 0 Å². The first-order valence-corrected chi connectivity index (χ1v) is 5.86. The number of halogens is 4. The first-order chi connectivity index (χ1) is 8.47. The van der Waals surface area contributed by atoms with Crippen LogP contribution in [0.5, 0.6) is 0 Å². The van der Waals surface area contributed by atoms with Crippen molar-refractivity contribution in [3.8, 4) is 0 Å². The van der Waals surface area contributed by atoms with Crippen LogP contribution in [-0.4, -0.2) is 23.8 Å². The number of fused-ring (bicyclic) bond motifs is 1. The van der Waals surface area contributed by atoms with Crippen molar-refractivity contribution in [3.63, 3.8) is 0 Å². The van der Waals surface area contributed by atoms with Crippen molar-refractivity contribution in [2.45, 2.75) is 12.7 Å². The number of benzene rings is 1. The molecule has 1 aromatic heterocycles. The SMILES string of the molecule is FC(F)(F)CNCCn1cc(Cl)c2ccccc21. The van der Waals surface area contributed by atoms with Gasteiger partial charge in [-0.05, 0) is 6.07 Å². The Hall–Kier alpha value is -1.20. The lowest BCUT2D eigenvalue weighted by atomic mass is 10.2. The van der Waals surface area contributed by atoms with Crippen LogP contribution in [0.3, 0.4) is 0 Å². The molecular weight excluding hydrogens is 265 g/mol. The molecular formula is C12H12ClF3N2. The first kappa shape index (κ1) is 13.2. The molecule has 0 saturated heterocycles. The minimum atomic E-state index is -4.17. The average molecular weight is 277 g/mol. The topological polar surface area (TPSA) is 17.0 Å². The molecule has 0 aliphatic carbocycles. The van der Waals surface area contributed by atoms with Crippen molar-refractivity contribution >= 4 is 22.5 Å². The highest BCUT2D eigenvalue weighted by molar-refractivity contribution is 6.35. The molecule has 0 fully saturated rings. The van der Waals surface area contributed by atoms with Gasteiger partial charge in [-0.1, -0.05) is 29.8 Å². The Bertz CT molecular complexity index is 534. The zero-order chi connectivity index (χ0) is 13.2. The zero-order valence-corrected chi connectivity index (χ0v) is 10.2. The summed E-state index contributed by atoms with van der Waals surface area (Å²) in [4.78, 5) is 0. The highest BCUT2D eigenvalue weighted by Crippen LogP contribution is 2.25. The first-order valence-electron chi connectivity index (χ1n) is 5.48. The molecule has 1 heterocycles. The third-order valence-corrected chi connectivity index (χ3v) is 2.90. The molecule has 2 aromatic rings. The number of hydrogen-bond acceptors (Lipinski definition) is 1. The van der Waals surface area contributed by atoms with E-state index in [1.54, 1.807) is 6.20 Å². The number of para-hydroxylation sites is 1. The number of nitrogens with one attached hydrogen (secondary N) is 1. The Balaban J connectivity index is 2.00. The lowest BCUT2D eigenvalue weighted by Gasteiger charge is -2.09. The quantitative estimate of drug-likeness (QED) is 0.847. The third-order valence-electron chi connectivity index (χ3n) is 2.59. The van der Waals surface area contributed by atoms with Gasteiger partial charge in [0.1, 0.15) is 0 Å². The highest BCUT2D eigenvalue weighted by atomic mass is 35.5. The van der Waals surface area contributed by atoms with Crippen LogP contribution in [0.4, 0.5) is 13.2 Å². The van der Waals surface area contributed by atoms with E-state index in [1.165, 1.54) is 0 Å². The van der Waals surface area contributed by atoms with Crippen LogP contribution in [0.1, 0.15) is 0 Å². The fraction of sp³-hybridized carbons (Fsp3) is 0.333. The fourth-order valence-electron chi connectivity index (χ4n) is 1.82. The van der Waals surface area contributed by atoms with E-state index in [2.05, 4.69) is 5.32 Å². The maximum Gasteiger partial charge on any atom is 0.401 e. The maximum absolute atomic E-state index is 11.9. The molecule has 0 bridgehead atoms. The summed E-state index contributed by atoms with van der Waals surface area (Å²) < 4.78 is 37.7. The average Bonchev–Trinajstić information content (AvgIpc) is 2.62. The molecule has 1 aromatic carbocycles. The van der Waals surface area contributed by atoms with E-state index < -0.39 is 12.7 Å². The Morgan fingerprint density at radius 3 is 2.67 bits per heavy atom. The van der Waals surface area contributed by atoms with Gasteiger partial charge in [-0.25, -0.2) is 0 Å². The fourth-order valence-corrected chi connectivity index (χ4v) is 2.09. The van der Waals surface area contributed by atoms with Crippen molar-refractivity contribution in [1.29, 1.82) is 0 Å². The maximum atomic E-state index is 11.9. The van der Waals surface area contributed by atoms with Gasteiger partial charge in [0.2, 0.25) is 0 Å². The number of rotatable bonds is 4. The Kier molecular flexibility index (Phi) is 3.82. The van der Waals surface area contributed by atoms with E-state index in [0.717, 1.165) is 10.9 Å². The second-order valence-corrected chi connectivity index (χ2v) is 4.39. The predicted molar refractivity (Wildman–Crippen MR) is 65.9 cm³/mol. The molecule has 0 unspecified atom stereocenters. The smallest absolute Gasteiger partial charge is 0.345 e. The summed E-state index contributed by atoms with van der Waals surface area (Å²) in [5.74, 6) is 0. The molecule has 0 saturated carbocycles. The number of aromatic nitrogens is 1. The van der Waals surface area contributed by atoms with Crippen molar-refractivity contribution in [1.82, 2.24) is 9.88 Å². The van der Waals surface area contributed by atoms with Gasteiger partial charge < -0.3 is 9.88 Å². The molecule has 0 atom stereocenters. The number of nitrogens with zero attached hydrogens (tertiary/aromatic N) is 1. The molecule has 0 aliphatic rings. The van der Waals surface area contributed by atoms with Crippen LogP contribution < -0.4 is 5.32 Å². The molecule has 0 amide bonds. The third kappa shape index (κ3) is 3.17. The van der Waals surface area contributed by atoms with Crippen molar-refractivity contribution in [2.75, 3.05) is 13.1 Å². The number of hydrogen-bond donors (Lipinski definition) is 1. The van der Waals surface area contributed by atoms with Gasteiger partial charge in [-0.3, -0.25) is 0 Å². The van der Waals surface area contributed by atoms with Crippen molar-refractivity contribution in [2.24, 2.45) is 0 Å². The Morgan fingerprint density at radius 2 is 1.94 bits per heavy atom. The second-order valence-electron chi connectivity index (χ2n) is 3.98. The summed E-state index contributed by atoms with van der Waals surface area (Å²) in [6, 6.07) is 7.53. The molecule has 6 heteroatoms. The van der Waals surface area contributed by atoms with Crippen LogP contribution in [0.25, 0.3) is 10.9 Å². The standard InChI is InChI=1S/C12H12ClF3N2/c13-10-7-18(6-5-17-8-12(14,15)16)11-4-2-1-3-9(10)11/h1-4,7,17H,5-6,8H2. The Morgan fingerprint density at radius 1 is 1.22 bits per heavy atom.